The molecule has 5 aliphatic carbocycles. The molecule has 4 bridgehead atoms. The van der Waals surface area contributed by atoms with Gasteiger partial charge in [-0.1, -0.05) is 109 Å². The third-order valence-electron chi connectivity index (χ3n) is 22.2. The number of fused-ring (bicyclic) bond motifs is 2. The van der Waals surface area contributed by atoms with Crippen molar-refractivity contribution in [2.75, 3.05) is 56.7 Å². The molecule has 5 saturated carbocycles. The van der Waals surface area contributed by atoms with E-state index >= 15 is 0 Å². The first-order valence-electron chi connectivity index (χ1n) is 36.5. The Labute approximate surface area is 600 Å². The minimum atomic E-state index is -1.97. The van der Waals surface area contributed by atoms with E-state index in [-0.39, 0.29) is 59.9 Å². The summed E-state index contributed by atoms with van der Waals surface area (Å²) in [6, 6.07) is 15.7. The molecule has 5 aromatic heterocycles. The van der Waals surface area contributed by atoms with E-state index in [9.17, 15) is 33.8 Å². The molecule has 5 atom stereocenters. The summed E-state index contributed by atoms with van der Waals surface area (Å²) >= 11 is 3.13. The number of pyridine rings is 1. The van der Waals surface area contributed by atoms with Gasteiger partial charge in [-0.25, -0.2) is 24.1 Å². The molecule has 6 fully saturated rings. The molecule has 1 saturated heterocycles. The molecule has 2 aliphatic heterocycles. The number of aliphatic hydroxyl groups excluding tert-OH is 1. The highest BCUT2D eigenvalue weighted by atomic mass is 32.1. The van der Waals surface area contributed by atoms with Crippen molar-refractivity contribution < 1.29 is 43.3 Å². The number of hydrogen-bond donors (Lipinski definition) is 5. The number of carbonyl (C=O) groups excluding carboxylic acids is 3. The number of β-amino-alcohol motifs (C(OH)–C–C–N with tert-alkyl or cyclic N) is 1. The third-order valence-corrected chi connectivity index (χ3v) is 24.2. The van der Waals surface area contributed by atoms with Crippen molar-refractivity contribution in [1.82, 2.24) is 55.4 Å². The molecule has 7 heterocycles. The Balaban J connectivity index is 0.551. The van der Waals surface area contributed by atoms with Gasteiger partial charge in [0.15, 0.2) is 28.1 Å². The normalized spacial score (nSPS) is 23.7. The second-order valence-electron chi connectivity index (χ2n) is 32.1. The van der Waals surface area contributed by atoms with Gasteiger partial charge in [-0.15, -0.1) is 21.5 Å². The van der Waals surface area contributed by atoms with Gasteiger partial charge in [-0.05, 0) is 169 Å². The predicted octanol–water partition coefficient (Wildman–Crippen LogP) is 13.8. The van der Waals surface area contributed by atoms with E-state index in [1.54, 1.807) is 43.4 Å². The van der Waals surface area contributed by atoms with E-state index in [0.717, 1.165) is 156 Å². The number of ether oxygens (including phenoxy) is 2. The second-order valence-corrected chi connectivity index (χ2v) is 34.0. The first-order chi connectivity index (χ1) is 48.2. The number of likely N-dealkylation sites (N-methyl/N-ethyl adjacent to an activating group) is 1. The zero-order valence-corrected chi connectivity index (χ0v) is 61.8. The highest BCUT2D eigenvalue weighted by molar-refractivity contribution is 7.22. The van der Waals surface area contributed by atoms with Gasteiger partial charge >= 0.3 is 5.97 Å². The number of carbonyl (C=O) groups is 4. The van der Waals surface area contributed by atoms with Crippen LogP contribution in [0.15, 0.2) is 66.3 Å². The molecule has 24 heteroatoms. The number of aliphatic hydroxyl groups is 1. The Hall–Kier alpha value is -7.51. The van der Waals surface area contributed by atoms with Crippen molar-refractivity contribution in [1.29, 1.82) is 0 Å². The molecule has 101 heavy (non-hydrogen) atoms. The van der Waals surface area contributed by atoms with Crippen LogP contribution in [-0.2, 0) is 38.6 Å². The number of unbranched alkanes of at least 4 members (excludes halogenated alkanes) is 7. The van der Waals surface area contributed by atoms with Crippen molar-refractivity contribution >= 4 is 79.2 Å². The summed E-state index contributed by atoms with van der Waals surface area (Å²) in [5.41, 5.74) is 7.08. The zero-order valence-electron chi connectivity index (χ0n) is 60.2. The second kappa shape index (κ2) is 29.0. The van der Waals surface area contributed by atoms with E-state index in [1.807, 2.05) is 79.0 Å². The van der Waals surface area contributed by atoms with Gasteiger partial charge in [0.05, 0.1) is 57.4 Å². The van der Waals surface area contributed by atoms with E-state index in [2.05, 4.69) is 69.5 Å². The molecule has 540 valence electrons. The Morgan fingerprint density at radius 3 is 2.32 bits per heavy atom. The number of anilines is 4. The maximum Gasteiger partial charge on any atom is 0.355 e. The molecule has 21 nitrogen and oxygen atoms in total. The van der Waals surface area contributed by atoms with Crippen LogP contribution in [0.4, 0.5) is 27.0 Å². The Morgan fingerprint density at radius 1 is 0.861 bits per heavy atom. The van der Waals surface area contributed by atoms with Crippen molar-refractivity contribution in [2.24, 2.45) is 21.7 Å². The van der Waals surface area contributed by atoms with E-state index in [0.29, 0.717) is 48.5 Å². The highest BCUT2D eigenvalue weighted by Crippen LogP contribution is 2.72. The number of carboxylic acid groups (broad SMARTS) is 1. The number of aryl methyl sites for hydroxylation is 1. The molecular formula is C77H100FN13O8S2. The summed E-state index contributed by atoms with van der Waals surface area (Å²) in [7, 11) is 2.22. The summed E-state index contributed by atoms with van der Waals surface area (Å²) in [5.74, 6) is -0.337. The Kier molecular flexibility index (Phi) is 20.6. The molecule has 0 radical (unpaired) electrons. The minimum Gasteiger partial charge on any atom is -0.493 e. The van der Waals surface area contributed by atoms with Crippen LogP contribution in [0, 0.1) is 42.4 Å². The summed E-state index contributed by atoms with van der Waals surface area (Å²) in [5, 5.41) is 45.6. The SMILES string of the molecule is Cc1ncsc1-c1ccc(CNC(=O)[C@@H]2C[C@@H](O)CN2C(=O)[C@@H](NC(=O)C2(F)CC2)C(C)(C)C)c(OCCCCCCCCCCN(C)CCOC23CC4(C)CC(C)(CC(Cn5ncc(-c6ccc(N7CCCc8c7nnc(Nc7nc9ccccc9s7)c8C)nc6C(=O)O)c5C)(C4)C2)C3)c1. The molecule has 7 aliphatic rings. The number of carboxylic acids is 1. The van der Waals surface area contributed by atoms with Crippen LogP contribution < -0.4 is 25.6 Å². The summed E-state index contributed by atoms with van der Waals surface area (Å²) in [4.78, 5) is 74.8. The fraction of sp³-hybridized carbons (Fsp3) is 0.584. The summed E-state index contributed by atoms with van der Waals surface area (Å²) in [6.45, 7) is 21.0. The van der Waals surface area contributed by atoms with Gasteiger partial charge in [0.25, 0.3) is 5.91 Å². The first kappa shape index (κ1) is 71.9. The average Bonchev–Trinajstić information content (AvgIpc) is 1.60. The molecular weight excluding hydrogens is 1320 g/mol. The fourth-order valence-electron chi connectivity index (χ4n) is 18.1. The third kappa shape index (κ3) is 15.7. The maximum absolute atomic E-state index is 14.8. The number of nitrogens with one attached hydrogen (secondary N) is 3. The van der Waals surface area contributed by atoms with Crippen LogP contribution in [-0.4, -0.2) is 155 Å². The molecule has 0 spiro atoms. The van der Waals surface area contributed by atoms with Gasteiger partial charge in [-0.3, -0.25) is 19.1 Å². The number of amides is 3. The van der Waals surface area contributed by atoms with Crippen LogP contribution in [0.2, 0.25) is 0 Å². The first-order valence-corrected chi connectivity index (χ1v) is 38.2. The highest BCUT2D eigenvalue weighted by Gasteiger charge is 2.66. The fourth-order valence-corrected chi connectivity index (χ4v) is 19.8. The number of para-hydroxylation sites is 1. The van der Waals surface area contributed by atoms with Crippen molar-refractivity contribution in [2.45, 2.75) is 220 Å². The van der Waals surface area contributed by atoms with Gasteiger partial charge in [0.1, 0.15) is 23.7 Å². The lowest BCUT2D eigenvalue weighted by Crippen LogP contribution is -2.64. The average molecular weight is 1420 g/mol. The summed E-state index contributed by atoms with van der Waals surface area (Å²) in [6.07, 6.45) is 18.3. The van der Waals surface area contributed by atoms with Crippen LogP contribution >= 0.6 is 22.7 Å². The van der Waals surface area contributed by atoms with Crippen LogP contribution in [0.3, 0.4) is 0 Å². The quantitative estimate of drug-likeness (QED) is 0.0262. The molecule has 14 rings (SSSR count). The van der Waals surface area contributed by atoms with Gasteiger partial charge < -0.3 is 50.3 Å². The minimum absolute atomic E-state index is 0.00474. The molecule has 2 unspecified atom stereocenters. The van der Waals surface area contributed by atoms with Crippen molar-refractivity contribution in [3.8, 4) is 27.3 Å². The van der Waals surface area contributed by atoms with Gasteiger partial charge in [0, 0.05) is 72.7 Å². The Bertz CT molecular complexity index is 4170. The van der Waals surface area contributed by atoms with Gasteiger partial charge in [-0.2, -0.15) is 5.10 Å². The largest absolute Gasteiger partial charge is 0.493 e. The standard InChI is InChI=1S/C77H100FN13O8S2/c1-48-54-21-20-31-89(66(54)87-86-65(48)85-71-82-57-22-16-17-23-60(57)101-71)61-27-26-55(62(83-61)69(95)96)56-38-81-91(50(56)3)46-75-41-73(7)40-74(8,42-75)44-76(43-73,45-75)99-34-32-88(9)30-18-14-12-10-11-13-15-19-33-98-59-35-51(63-49(2)80-47-100-63)24-25-52(59)37-79-67(93)58-36-53(92)39-90(58)68(94)64(72(4,5)6)84-70(97)77(78)28-29-77/h16-17,22-27,35,38,47,53,58,64,92H,10-15,18-21,28-34,36-37,39-46H2,1-9H3,(H,79,93)(H,84,97)(H,95,96)(H,82,85,86)/t53-,58+,64-,73?,74?,75?,76?/m1/s1. The number of nitrogens with zero attached hydrogens (tertiary/aromatic N) is 10. The van der Waals surface area contributed by atoms with Crippen LogP contribution in [0.25, 0.3) is 31.8 Å². The Morgan fingerprint density at radius 2 is 1.60 bits per heavy atom. The number of benzene rings is 2. The lowest BCUT2D eigenvalue weighted by Gasteiger charge is -2.69. The molecule has 5 N–H and O–H groups in total. The topological polar surface area (TPSA) is 255 Å². The lowest BCUT2D eigenvalue weighted by atomic mass is 9.39. The molecule has 3 amide bonds. The van der Waals surface area contributed by atoms with Crippen molar-refractivity contribution in [3.05, 3.63) is 100 Å². The van der Waals surface area contributed by atoms with E-state index in [1.165, 1.54) is 30.6 Å². The number of rotatable bonds is 30. The van der Waals surface area contributed by atoms with E-state index in [4.69, 9.17) is 29.6 Å². The van der Waals surface area contributed by atoms with Gasteiger partial charge in [0.2, 0.25) is 11.8 Å². The molecule has 2 aromatic carbocycles. The van der Waals surface area contributed by atoms with Crippen molar-refractivity contribution in [3.63, 3.8) is 0 Å². The number of likely N-dealkylation sites (tertiary alicyclic amines) is 1. The number of hydrogen-bond acceptors (Lipinski definition) is 18. The number of thiazole rings is 2. The number of alkyl halides is 1. The monoisotopic (exact) mass is 1420 g/mol. The smallest absolute Gasteiger partial charge is 0.355 e. The predicted molar refractivity (Wildman–Crippen MR) is 392 cm³/mol. The van der Waals surface area contributed by atoms with E-state index < -0.39 is 53.0 Å². The molecule has 7 aromatic rings. The number of aromatic nitrogens is 7. The van der Waals surface area contributed by atoms with Crippen LogP contribution in [0.1, 0.15) is 189 Å². The number of halogens is 1. The lowest BCUT2D eigenvalue weighted by molar-refractivity contribution is -0.248. The summed E-state index contributed by atoms with van der Waals surface area (Å²) < 4.78 is 31.6. The number of aromatic carboxylic acids is 1. The zero-order chi connectivity index (χ0) is 71.2. The maximum atomic E-state index is 14.8. The van der Waals surface area contributed by atoms with Crippen LogP contribution in [0.5, 0.6) is 5.75 Å².